The molecule has 0 radical (unpaired) electrons. The van der Waals surface area contributed by atoms with Gasteiger partial charge in [-0.3, -0.25) is 0 Å². The molecule has 2 aliphatic rings. The van der Waals surface area contributed by atoms with Crippen molar-refractivity contribution in [2.24, 2.45) is 0 Å². The fourth-order valence-corrected chi connectivity index (χ4v) is 0.943. The topological polar surface area (TPSA) is 55.8 Å². The molecule has 2 aliphatic heterocycles. The number of allylic oxidation sites excluding steroid dienone is 2. The van der Waals surface area contributed by atoms with Crippen LogP contribution in [0.1, 0.15) is 0 Å². The standard InChI is InChI=1S/C8H5NO4/c10-7-5-6(8(11)13-7)9-3-1-2-4-12-9/h1-5H. The van der Waals surface area contributed by atoms with Gasteiger partial charge in [-0.25, -0.2) is 9.59 Å². The largest absolute Gasteiger partial charge is 0.385 e. The SMILES string of the molecule is O=C1C=C(N2C=CC=CO2)C(=O)O1. The van der Waals surface area contributed by atoms with Crippen molar-refractivity contribution in [3.63, 3.8) is 0 Å². The molecule has 2 rings (SSSR count). The third kappa shape index (κ3) is 1.31. The number of cyclic esters (lactones) is 2. The molecule has 5 heteroatoms. The van der Waals surface area contributed by atoms with Crippen LogP contribution in [0.4, 0.5) is 0 Å². The van der Waals surface area contributed by atoms with Gasteiger partial charge in [-0.2, -0.15) is 5.06 Å². The van der Waals surface area contributed by atoms with Crippen LogP contribution >= 0.6 is 0 Å². The molecule has 0 fully saturated rings. The lowest BCUT2D eigenvalue weighted by Crippen LogP contribution is -2.20. The molecule has 0 aliphatic carbocycles. The number of esters is 2. The molecule has 0 atom stereocenters. The molecule has 2 heterocycles. The Bertz CT molecular complexity index is 353. The maximum atomic E-state index is 11.0. The molecule has 0 bridgehead atoms. The van der Waals surface area contributed by atoms with Gasteiger partial charge in [0.15, 0.2) is 5.70 Å². The zero-order valence-corrected chi connectivity index (χ0v) is 6.47. The number of nitrogens with zero attached hydrogens (tertiary/aromatic N) is 1. The molecule has 0 N–H and O–H groups in total. The molecular weight excluding hydrogens is 174 g/mol. The number of rotatable bonds is 1. The number of hydrogen-bond acceptors (Lipinski definition) is 5. The second-order valence-corrected chi connectivity index (χ2v) is 2.34. The Balaban J connectivity index is 2.21. The van der Waals surface area contributed by atoms with Crippen LogP contribution in [0.25, 0.3) is 0 Å². The van der Waals surface area contributed by atoms with Gasteiger partial charge in [0.1, 0.15) is 6.26 Å². The van der Waals surface area contributed by atoms with Crippen LogP contribution in [0, 0.1) is 0 Å². The maximum absolute atomic E-state index is 11.0. The highest BCUT2D eigenvalue weighted by atomic mass is 16.7. The van der Waals surface area contributed by atoms with E-state index in [-0.39, 0.29) is 5.70 Å². The summed E-state index contributed by atoms with van der Waals surface area (Å²) in [4.78, 5) is 26.6. The van der Waals surface area contributed by atoms with Crippen LogP contribution in [0.5, 0.6) is 0 Å². The second-order valence-electron chi connectivity index (χ2n) is 2.34. The first-order valence-corrected chi connectivity index (χ1v) is 3.54. The van der Waals surface area contributed by atoms with Crippen molar-refractivity contribution in [3.8, 4) is 0 Å². The van der Waals surface area contributed by atoms with E-state index in [9.17, 15) is 9.59 Å². The van der Waals surface area contributed by atoms with Gasteiger partial charge in [-0.1, -0.05) is 0 Å². The quantitative estimate of drug-likeness (QED) is 0.426. The summed E-state index contributed by atoms with van der Waals surface area (Å²) in [7, 11) is 0. The van der Waals surface area contributed by atoms with Gasteiger partial charge in [0, 0.05) is 6.20 Å². The fourth-order valence-electron chi connectivity index (χ4n) is 0.943. The summed E-state index contributed by atoms with van der Waals surface area (Å²) >= 11 is 0. The van der Waals surface area contributed by atoms with E-state index in [2.05, 4.69) is 4.74 Å². The van der Waals surface area contributed by atoms with E-state index in [0.29, 0.717) is 0 Å². The predicted octanol–water partition coefficient (Wildman–Crippen LogP) is 0.228. The van der Waals surface area contributed by atoms with Crippen LogP contribution < -0.4 is 0 Å². The van der Waals surface area contributed by atoms with Gasteiger partial charge in [0.2, 0.25) is 0 Å². The predicted molar refractivity (Wildman–Crippen MR) is 40.4 cm³/mol. The van der Waals surface area contributed by atoms with Gasteiger partial charge < -0.3 is 9.57 Å². The van der Waals surface area contributed by atoms with E-state index in [0.717, 1.165) is 11.1 Å². The van der Waals surface area contributed by atoms with Crippen molar-refractivity contribution in [2.75, 3.05) is 0 Å². The summed E-state index contributed by atoms with van der Waals surface area (Å²) in [6.45, 7) is 0. The number of carbonyl (C=O) groups excluding carboxylic acids is 2. The van der Waals surface area contributed by atoms with Crippen molar-refractivity contribution >= 4 is 11.9 Å². The van der Waals surface area contributed by atoms with Crippen LogP contribution in [-0.2, 0) is 19.2 Å². The van der Waals surface area contributed by atoms with Gasteiger partial charge in [0.25, 0.3) is 0 Å². The van der Waals surface area contributed by atoms with Crippen molar-refractivity contribution in [1.82, 2.24) is 5.06 Å². The van der Waals surface area contributed by atoms with E-state index in [1.54, 1.807) is 12.2 Å². The lowest BCUT2D eigenvalue weighted by Gasteiger charge is -2.18. The Labute approximate surface area is 73.5 Å². The summed E-state index contributed by atoms with van der Waals surface area (Å²) in [5, 5.41) is 1.16. The van der Waals surface area contributed by atoms with E-state index in [1.807, 2.05) is 0 Å². The second kappa shape index (κ2) is 2.78. The summed E-state index contributed by atoms with van der Waals surface area (Å²) < 4.78 is 4.28. The molecule has 5 nitrogen and oxygen atoms in total. The molecule has 0 saturated carbocycles. The highest BCUT2D eigenvalue weighted by molar-refractivity contribution is 6.08. The van der Waals surface area contributed by atoms with Gasteiger partial charge in [0.05, 0.1) is 6.08 Å². The Morgan fingerprint density at radius 2 is 2.08 bits per heavy atom. The fraction of sp³-hybridized carbons (Fsp3) is 0. The van der Waals surface area contributed by atoms with E-state index >= 15 is 0 Å². The highest BCUT2D eigenvalue weighted by Crippen LogP contribution is 2.16. The normalized spacial score (nSPS) is 20.0. The van der Waals surface area contributed by atoms with Crippen LogP contribution in [0.15, 0.2) is 36.4 Å². The first kappa shape index (κ1) is 7.60. The Kier molecular flexibility index (Phi) is 1.63. The number of ether oxygens (including phenoxy) is 1. The number of carbonyl (C=O) groups is 2. The lowest BCUT2D eigenvalue weighted by molar-refractivity contribution is -0.153. The minimum Gasteiger partial charge on any atom is -0.385 e. The Hall–Kier alpha value is -2.04. The zero-order chi connectivity index (χ0) is 9.26. The molecule has 0 aromatic rings. The molecule has 13 heavy (non-hydrogen) atoms. The molecule has 66 valence electrons. The molecule has 0 unspecified atom stereocenters. The zero-order valence-electron chi connectivity index (χ0n) is 6.47. The van der Waals surface area contributed by atoms with Crippen LogP contribution in [0.3, 0.4) is 0 Å². The monoisotopic (exact) mass is 179 g/mol. The Morgan fingerprint density at radius 1 is 1.23 bits per heavy atom. The lowest BCUT2D eigenvalue weighted by atomic mass is 10.4. The third-order valence-electron chi connectivity index (χ3n) is 1.48. The summed E-state index contributed by atoms with van der Waals surface area (Å²) in [5.74, 6) is -1.38. The Morgan fingerprint density at radius 3 is 2.62 bits per heavy atom. The molecule has 0 aromatic carbocycles. The first-order chi connectivity index (χ1) is 6.27. The molecule has 0 spiro atoms. The van der Waals surface area contributed by atoms with Crippen molar-refractivity contribution in [2.45, 2.75) is 0 Å². The van der Waals surface area contributed by atoms with Crippen LogP contribution in [-0.4, -0.2) is 17.0 Å². The maximum Gasteiger partial charge on any atom is 0.366 e. The first-order valence-electron chi connectivity index (χ1n) is 3.54. The van der Waals surface area contributed by atoms with Gasteiger partial charge >= 0.3 is 11.9 Å². The summed E-state index contributed by atoms with van der Waals surface area (Å²) in [6.07, 6.45) is 7.29. The molecule has 0 amide bonds. The minimum atomic E-state index is -0.704. The number of hydrogen-bond donors (Lipinski definition) is 0. The van der Waals surface area contributed by atoms with Crippen molar-refractivity contribution in [3.05, 3.63) is 36.4 Å². The van der Waals surface area contributed by atoms with E-state index < -0.39 is 11.9 Å². The highest BCUT2D eigenvalue weighted by Gasteiger charge is 2.28. The average Bonchev–Trinajstić information content (AvgIpc) is 2.47. The molecular formula is C8H5NO4. The van der Waals surface area contributed by atoms with Crippen molar-refractivity contribution < 1.29 is 19.2 Å². The number of hydroxylamine groups is 2. The van der Waals surface area contributed by atoms with Crippen molar-refractivity contribution in [1.29, 1.82) is 0 Å². The summed E-state index contributed by atoms with van der Waals surface area (Å²) in [6, 6.07) is 0. The molecule has 0 saturated heterocycles. The average molecular weight is 179 g/mol. The van der Waals surface area contributed by atoms with Gasteiger partial charge in [-0.15, -0.1) is 0 Å². The third-order valence-corrected chi connectivity index (χ3v) is 1.48. The minimum absolute atomic E-state index is 0.0746. The van der Waals surface area contributed by atoms with E-state index in [4.69, 9.17) is 4.84 Å². The summed E-state index contributed by atoms with van der Waals surface area (Å²) in [5.41, 5.74) is 0.0746. The van der Waals surface area contributed by atoms with Gasteiger partial charge in [-0.05, 0) is 12.2 Å². The smallest absolute Gasteiger partial charge is 0.366 e. The van der Waals surface area contributed by atoms with E-state index in [1.165, 1.54) is 12.5 Å². The van der Waals surface area contributed by atoms with Crippen LogP contribution in [0.2, 0.25) is 0 Å². The molecule has 0 aromatic heterocycles.